The highest BCUT2D eigenvalue weighted by molar-refractivity contribution is 7.85. The number of fused-ring (bicyclic) bond motifs is 4. The molecule has 0 fully saturated rings. The van der Waals surface area contributed by atoms with E-state index in [4.69, 9.17) is 18.4 Å². The molecule has 2 aliphatic rings. The standard InChI is InChI=1S/C23H25NO3.CH4O3S/c1-24(11-9-16-5-6-17-10-12-25-22(17)13-16)14-18-3-2-4-20-19(18)7-8-21-23(20)27-15-26-21;1-5(2,3)4/h5-8,10,12-13,18H,2-4,9,11,14-15H2,1H3;1H3,(H,2,3,4)/t18-;/m0./s1. The minimum atomic E-state index is -3.67. The summed E-state index contributed by atoms with van der Waals surface area (Å²) in [7, 11) is -1.44. The first-order valence-corrected chi connectivity index (χ1v) is 12.6. The Morgan fingerprint density at radius 2 is 1.97 bits per heavy atom. The number of rotatable bonds is 5. The Morgan fingerprint density at radius 3 is 2.78 bits per heavy atom. The van der Waals surface area contributed by atoms with Crippen LogP contribution in [0.3, 0.4) is 0 Å². The lowest BCUT2D eigenvalue weighted by Crippen LogP contribution is -2.28. The van der Waals surface area contributed by atoms with Crippen LogP contribution in [0.15, 0.2) is 47.1 Å². The van der Waals surface area contributed by atoms with Crippen LogP contribution in [0.4, 0.5) is 0 Å². The molecule has 2 aromatic carbocycles. The summed E-state index contributed by atoms with van der Waals surface area (Å²) in [5.74, 6) is 2.48. The van der Waals surface area contributed by atoms with Crippen molar-refractivity contribution in [3.63, 3.8) is 0 Å². The zero-order valence-corrected chi connectivity index (χ0v) is 19.2. The van der Waals surface area contributed by atoms with Crippen molar-refractivity contribution < 1.29 is 26.9 Å². The van der Waals surface area contributed by atoms with Crippen LogP contribution in [0, 0.1) is 0 Å². The SMILES string of the molecule is CN(CCc1ccc2ccoc2c1)C[C@@H]1CCCc2c1ccc1c2OCO1.CS(=O)(=O)O. The Kier molecular flexibility index (Phi) is 6.74. The van der Waals surface area contributed by atoms with Gasteiger partial charge >= 0.3 is 0 Å². The third-order valence-corrected chi connectivity index (χ3v) is 5.93. The second-order valence-corrected chi connectivity index (χ2v) is 9.96. The van der Waals surface area contributed by atoms with Crippen LogP contribution in [0.5, 0.6) is 11.5 Å². The third-order valence-electron chi connectivity index (χ3n) is 5.93. The van der Waals surface area contributed by atoms with Crippen LogP contribution in [-0.4, -0.2) is 51.1 Å². The number of furan rings is 1. The maximum Gasteiger partial charge on any atom is 0.261 e. The van der Waals surface area contributed by atoms with E-state index >= 15 is 0 Å². The number of likely N-dealkylation sites (N-methyl/N-ethyl adjacent to an activating group) is 1. The van der Waals surface area contributed by atoms with Gasteiger partial charge in [0.1, 0.15) is 5.58 Å². The molecule has 0 bridgehead atoms. The highest BCUT2D eigenvalue weighted by atomic mass is 32.2. The first-order chi connectivity index (χ1) is 15.3. The topological polar surface area (TPSA) is 89.2 Å². The van der Waals surface area contributed by atoms with Gasteiger partial charge in [0.15, 0.2) is 11.5 Å². The minimum absolute atomic E-state index is 0.358. The van der Waals surface area contributed by atoms with Crippen LogP contribution in [0.2, 0.25) is 0 Å². The van der Waals surface area contributed by atoms with Gasteiger partial charge in [-0.2, -0.15) is 8.42 Å². The van der Waals surface area contributed by atoms with Gasteiger partial charge in [0.25, 0.3) is 10.1 Å². The molecule has 5 rings (SSSR count). The molecule has 1 atom stereocenters. The molecule has 172 valence electrons. The van der Waals surface area contributed by atoms with Crippen LogP contribution in [0.1, 0.15) is 35.4 Å². The van der Waals surface area contributed by atoms with E-state index in [-0.39, 0.29) is 0 Å². The van der Waals surface area contributed by atoms with Crippen molar-refractivity contribution in [2.24, 2.45) is 0 Å². The van der Waals surface area contributed by atoms with E-state index in [0.717, 1.165) is 43.0 Å². The molecule has 3 aromatic rings. The Hall–Kier alpha value is -2.55. The van der Waals surface area contributed by atoms with Crippen molar-refractivity contribution in [1.82, 2.24) is 4.90 Å². The summed E-state index contributed by atoms with van der Waals surface area (Å²) in [6.07, 6.45) is 7.08. The van der Waals surface area contributed by atoms with Crippen molar-refractivity contribution >= 4 is 21.1 Å². The molecule has 1 aliphatic carbocycles. The summed E-state index contributed by atoms with van der Waals surface area (Å²) in [4.78, 5) is 2.46. The summed E-state index contributed by atoms with van der Waals surface area (Å²) in [5.41, 5.74) is 5.14. The van der Waals surface area contributed by atoms with Crippen molar-refractivity contribution in [3.8, 4) is 11.5 Å². The maximum absolute atomic E-state index is 9.19. The van der Waals surface area contributed by atoms with Gasteiger partial charge in [-0.3, -0.25) is 4.55 Å². The first kappa shape index (κ1) is 22.6. The molecule has 1 N–H and O–H groups in total. The molecule has 2 heterocycles. The molecule has 0 saturated heterocycles. The van der Waals surface area contributed by atoms with Crippen molar-refractivity contribution in [1.29, 1.82) is 0 Å². The van der Waals surface area contributed by atoms with Crippen molar-refractivity contribution in [2.75, 3.05) is 33.2 Å². The quantitative estimate of drug-likeness (QED) is 0.570. The zero-order chi connectivity index (χ0) is 22.7. The molecule has 0 unspecified atom stereocenters. The number of hydrogen-bond acceptors (Lipinski definition) is 6. The first-order valence-electron chi connectivity index (χ1n) is 10.8. The fourth-order valence-electron chi connectivity index (χ4n) is 4.50. The van der Waals surface area contributed by atoms with E-state index in [1.807, 2.05) is 6.07 Å². The average molecular weight is 460 g/mol. The Bertz CT molecular complexity index is 1180. The number of hydrogen-bond donors (Lipinski definition) is 1. The second-order valence-electron chi connectivity index (χ2n) is 8.49. The van der Waals surface area contributed by atoms with Gasteiger partial charge in [-0.05, 0) is 68.0 Å². The molecular formula is C24H29NO6S. The van der Waals surface area contributed by atoms with Gasteiger partial charge < -0.3 is 18.8 Å². The van der Waals surface area contributed by atoms with Gasteiger partial charge in [-0.25, -0.2) is 0 Å². The van der Waals surface area contributed by atoms with Crippen LogP contribution in [0.25, 0.3) is 11.0 Å². The van der Waals surface area contributed by atoms with Gasteiger partial charge in [0.2, 0.25) is 6.79 Å². The number of benzene rings is 2. The molecule has 0 saturated carbocycles. The van der Waals surface area contributed by atoms with E-state index in [9.17, 15) is 8.42 Å². The van der Waals surface area contributed by atoms with E-state index in [1.165, 1.54) is 34.9 Å². The van der Waals surface area contributed by atoms with Gasteiger partial charge in [-0.1, -0.05) is 18.2 Å². The minimum Gasteiger partial charge on any atom is -0.464 e. The fourth-order valence-corrected chi connectivity index (χ4v) is 4.50. The summed E-state index contributed by atoms with van der Waals surface area (Å²) in [5, 5.41) is 1.17. The molecule has 1 aliphatic heterocycles. The Labute approximate surface area is 188 Å². The largest absolute Gasteiger partial charge is 0.464 e. The summed E-state index contributed by atoms with van der Waals surface area (Å²) >= 11 is 0. The second kappa shape index (κ2) is 9.52. The van der Waals surface area contributed by atoms with E-state index in [2.05, 4.69) is 42.3 Å². The molecule has 1 aromatic heterocycles. The fraction of sp³-hybridized carbons (Fsp3) is 0.417. The number of ether oxygens (including phenoxy) is 2. The summed E-state index contributed by atoms with van der Waals surface area (Å²) in [6, 6.07) is 12.9. The smallest absolute Gasteiger partial charge is 0.261 e. The molecule has 7 nitrogen and oxygen atoms in total. The normalized spacial score (nSPS) is 17.2. The zero-order valence-electron chi connectivity index (χ0n) is 18.4. The lowest BCUT2D eigenvalue weighted by Gasteiger charge is -2.30. The predicted octanol–water partition coefficient (Wildman–Crippen LogP) is 4.26. The van der Waals surface area contributed by atoms with E-state index in [0.29, 0.717) is 19.0 Å². The van der Waals surface area contributed by atoms with Gasteiger partial charge in [0, 0.05) is 24.0 Å². The van der Waals surface area contributed by atoms with Gasteiger partial charge in [-0.15, -0.1) is 0 Å². The van der Waals surface area contributed by atoms with Crippen molar-refractivity contribution in [3.05, 3.63) is 59.4 Å². The predicted molar refractivity (Wildman–Crippen MR) is 123 cm³/mol. The van der Waals surface area contributed by atoms with Crippen LogP contribution >= 0.6 is 0 Å². The highest BCUT2D eigenvalue weighted by Gasteiger charge is 2.28. The molecular weight excluding hydrogens is 430 g/mol. The Morgan fingerprint density at radius 1 is 1.16 bits per heavy atom. The average Bonchev–Trinajstić information content (AvgIpc) is 3.40. The maximum atomic E-state index is 9.19. The molecule has 32 heavy (non-hydrogen) atoms. The third kappa shape index (κ3) is 5.62. The molecule has 0 radical (unpaired) electrons. The van der Waals surface area contributed by atoms with Gasteiger partial charge in [0.05, 0.1) is 12.5 Å². The molecule has 0 spiro atoms. The lowest BCUT2D eigenvalue weighted by molar-refractivity contribution is 0.173. The highest BCUT2D eigenvalue weighted by Crippen LogP contribution is 2.44. The summed E-state index contributed by atoms with van der Waals surface area (Å²) in [6.45, 7) is 2.48. The van der Waals surface area contributed by atoms with Crippen molar-refractivity contribution in [2.45, 2.75) is 31.6 Å². The van der Waals surface area contributed by atoms with Crippen LogP contribution < -0.4 is 9.47 Å². The van der Waals surface area contributed by atoms with Crippen LogP contribution in [-0.2, 0) is 23.0 Å². The number of nitrogens with zero attached hydrogens (tertiary/aromatic N) is 1. The Balaban J connectivity index is 0.000000444. The molecule has 8 heteroatoms. The monoisotopic (exact) mass is 459 g/mol. The lowest BCUT2D eigenvalue weighted by atomic mass is 9.82. The molecule has 0 amide bonds. The van der Waals surface area contributed by atoms with E-state index < -0.39 is 10.1 Å². The summed E-state index contributed by atoms with van der Waals surface area (Å²) < 4.78 is 42.7. The van der Waals surface area contributed by atoms with E-state index in [1.54, 1.807) is 6.26 Å².